The second kappa shape index (κ2) is 10.8. The summed E-state index contributed by atoms with van der Waals surface area (Å²) in [5.74, 6) is -0.476. The lowest BCUT2D eigenvalue weighted by Crippen LogP contribution is -1.88. The van der Waals surface area contributed by atoms with Crippen LogP contribution in [0.15, 0.2) is 53.0 Å². The lowest BCUT2D eigenvalue weighted by atomic mass is 10.3. The Morgan fingerprint density at radius 2 is 1.19 bits per heavy atom. The topological polar surface area (TPSA) is 138 Å². The van der Waals surface area contributed by atoms with Crippen molar-refractivity contribution in [3.63, 3.8) is 0 Å². The van der Waals surface area contributed by atoms with Gasteiger partial charge in [-0.3, -0.25) is 0 Å². The second-order valence-corrected chi connectivity index (χ2v) is 8.81. The highest BCUT2D eigenvalue weighted by Gasteiger charge is 2.13. The number of rotatable bonds is 4. The summed E-state index contributed by atoms with van der Waals surface area (Å²) >= 11 is 11.2. The Bertz CT molecular complexity index is 1190. The summed E-state index contributed by atoms with van der Waals surface area (Å²) in [6.45, 7) is 0. The molecule has 2 aromatic carbocycles. The fourth-order valence-corrected chi connectivity index (χ4v) is 3.98. The van der Waals surface area contributed by atoms with E-state index in [2.05, 4.69) is 35.3 Å². The zero-order valence-electron chi connectivity index (χ0n) is 15.9. The zero-order chi connectivity index (χ0) is 23.1. The summed E-state index contributed by atoms with van der Waals surface area (Å²) in [6.07, 6.45) is 0. The predicted octanol–water partition coefficient (Wildman–Crippen LogP) is 6.34. The van der Waals surface area contributed by atoms with E-state index in [-0.39, 0.29) is 22.9 Å². The number of benzene rings is 2. The molecule has 0 unspecified atom stereocenters. The van der Waals surface area contributed by atoms with E-state index in [1.54, 1.807) is 24.3 Å². The maximum atomic E-state index is 9.28. The summed E-state index contributed by atoms with van der Waals surface area (Å²) < 4.78 is 8.37. The molecule has 4 N–H and O–H groups in total. The van der Waals surface area contributed by atoms with Gasteiger partial charge in [0.2, 0.25) is 11.8 Å². The Labute approximate surface area is 204 Å². The Morgan fingerprint density at radius 1 is 0.781 bits per heavy atom. The van der Waals surface area contributed by atoms with Crippen molar-refractivity contribution in [3.8, 4) is 23.9 Å². The highest BCUT2D eigenvalue weighted by Crippen LogP contribution is 2.32. The van der Waals surface area contributed by atoms with Gasteiger partial charge in [0, 0.05) is 20.9 Å². The van der Waals surface area contributed by atoms with Gasteiger partial charge in [0.25, 0.3) is 0 Å². The largest absolute Gasteiger partial charge is 0.492 e. The molecule has 2 aromatic heterocycles. The van der Waals surface area contributed by atoms with Crippen LogP contribution in [0.25, 0.3) is 0 Å². The van der Waals surface area contributed by atoms with Gasteiger partial charge in [-0.25, -0.2) is 0 Å². The zero-order valence-corrected chi connectivity index (χ0v) is 19.8. The first-order chi connectivity index (χ1) is 15.4. The number of nitrogens with zero attached hydrogens (tertiary/aromatic N) is 4. The van der Waals surface area contributed by atoms with Gasteiger partial charge in [-0.2, -0.15) is 19.3 Å². The molecule has 0 saturated carbocycles. The molecule has 4 rings (SSSR count). The normalized spacial score (nSPS) is 9.75. The van der Waals surface area contributed by atoms with E-state index in [1.807, 2.05) is 36.4 Å². The quantitative estimate of drug-likeness (QED) is 0.232. The first-order valence-corrected chi connectivity index (χ1v) is 11.4. The number of nitriles is 2. The highest BCUT2D eigenvalue weighted by atomic mass is 79.9. The van der Waals surface area contributed by atoms with Crippen molar-refractivity contribution in [2.75, 3.05) is 10.6 Å². The molecule has 0 amide bonds. The molecule has 0 saturated heterocycles. The minimum atomic E-state index is -0.246. The van der Waals surface area contributed by atoms with Gasteiger partial charge >= 0.3 is 0 Å². The molecule has 8 nitrogen and oxygen atoms in total. The van der Waals surface area contributed by atoms with E-state index < -0.39 is 0 Å². The van der Waals surface area contributed by atoms with E-state index >= 15 is 0 Å². The lowest BCUT2D eigenvalue weighted by Gasteiger charge is -2.02. The van der Waals surface area contributed by atoms with Crippen LogP contribution in [0, 0.1) is 22.7 Å². The van der Waals surface area contributed by atoms with Crippen LogP contribution in [0.4, 0.5) is 21.4 Å². The maximum absolute atomic E-state index is 9.28. The van der Waals surface area contributed by atoms with Crippen LogP contribution >= 0.6 is 50.6 Å². The minimum absolute atomic E-state index is 0.153. The van der Waals surface area contributed by atoms with E-state index in [0.29, 0.717) is 15.0 Å². The van der Waals surface area contributed by atoms with Crippen LogP contribution in [0.2, 0.25) is 5.02 Å². The van der Waals surface area contributed by atoms with Gasteiger partial charge < -0.3 is 20.8 Å². The predicted molar refractivity (Wildman–Crippen MR) is 129 cm³/mol. The minimum Gasteiger partial charge on any atom is -0.492 e. The van der Waals surface area contributed by atoms with Gasteiger partial charge in [-0.15, -0.1) is 0 Å². The summed E-state index contributed by atoms with van der Waals surface area (Å²) in [6, 6.07) is 18.3. The summed E-state index contributed by atoms with van der Waals surface area (Å²) in [5.41, 5.74) is 1.95. The molecule has 160 valence electrons. The molecule has 0 aliphatic carbocycles. The van der Waals surface area contributed by atoms with Gasteiger partial charge in [0.05, 0.1) is 0 Å². The molecule has 0 bridgehead atoms. The van der Waals surface area contributed by atoms with Gasteiger partial charge in [0.1, 0.15) is 22.1 Å². The van der Waals surface area contributed by atoms with Gasteiger partial charge in [-0.1, -0.05) is 27.5 Å². The van der Waals surface area contributed by atoms with Crippen molar-refractivity contribution in [2.45, 2.75) is 0 Å². The molecular formula is C20H12BrClN6O2S2. The fourth-order valence-electron chi connectivity index (χ4n) is 2.26. The standard InChI is InChI=1S/C10H6BrN3OS.C10H6ClN3OS/c2*11-6-1-3-7(4-2-6)13-10-8(5-12)9(15)14-16-10/h2*1-4,13H,(H,14,15). The Hall–Kier alpha value is -3.35. The van der Waals surface area contributed by atoms with Crippen molar-refractivity contribution in [1.29, 1.82) is 10.5 Å². The molecule has 0 atom stereocenters. The Morgan fingerprint density at radius 3 is 1.59 bits per heavy atom. The fraction of sp³-hybridized carbons (Fsp3) is 0. The molecule has 0 aliphatic rings. The average Bonchev–Trinajstić information content (AvgIpc) is 3.32. The first kappa shape index (κ1) is 23.3. The van der Waals surface area contributed by atoms with E-state index in [0.717, 1.165) is 38.9 Å². The molecule has 12 heteroatoms. The van der Waals surface area contributed by atoms with Crippen molar-refractivity contribution < 1.29 is 10.2 Å². The third kappa shape index (κ3) is 5.87. The first-order valence-electron chi connectivity index (χ1n) is 8.64. The van der Waals surface area contributed by atoms with Crippen LogP contribution in [0.1, 0.15) is 11.1 Å². The summed E-state index contributed by atoms with van der Waals surface area (Å²) in [7, 11) is 0. The molecule has 0 spiro atoms. The van der Waals surface area contributed by atoms with Gasteiger partial charge in [0.15, 0.2) is 11.1 Å². The van der Waals surface area contributed by atoms with Crippen LogP contribution in [0.3, 0.4) is 0 Å². The number of nitrogens with one attached hydrogen (secondary N) is 2. The molecule has 4 aromatic rings. The smallest absolute Gasteiger partial charge is 0.243 e. The van der Waals surface area contributed by atoms with Crippen LogP contribution in [0.5, 0.6) is 11.8 Å². The summed E-state index contributed by atoms with van der Waals surface area (Å²) in [5, 5.41) is 43.9. The van der Waals surface area contributed by atoms with Crippen molar-refractivity contribution in [3.05, 3.63) is 69.2 Å². The summed E-state index contributed by atoms with van der Waals surface area (Å²) in [4.78, 5) is 0. The average molecular weight is 548 g/mol. The van der Waals surface area contributed by atoms with Crippen molar-refractivity contribution in [1.82, 2.24) is 8.75 Å². The lowest BCUT2D eigenvalue weighted by molar-refractivity contribution is 0.458. The van der Waals surface area contributed by atoms with Crippen LogP contribution in [-0.4, -0.2) is 19.0 Å². The number of anilines is 4. The molecule has 0 radical (unpaired) electrons. The van der Waals surface area contributed by atoms with Crippen LogP contribution in [-0.2, 0) is 0 Å². The van der Waals surface area contributed by atoms with E-state index in [1.165, 1.54) is 0 Å². The number of aromatic hydroxyl groups is 2. The molecular weight excluding hydrogens is 536 g/mol. The van der Waals surface area contributed by atoms with E-state index in [9.17, 15) is 10.2 Å². The number of hydrogen-bond donors (Lipinski definition) is 4. The van der Waals surface area contributed by atoms with E-state index in [4.69, 9.17) is 22.1 Å². The molecule has 0 aliphatic heterocycles. The number of aromatic nitrogens is 2. The molecule has 32 heavy (non-hydrogen) atoms. The third-order valence-electron chi connectivity index (χ3n) is 3.78. The second-order valence-electron chi connectivity index (χ2n) is 5.91. The Balaban J connectivity index is 0.000000181. The monoisotopic (exact) mass is 546 g/mol. The highest BCUT2D eigenvalue weighted by molar-refractivity contribution is 9.10. The molecule has 0 fully saturated rings. The van der Waals surface area contributed by atoms with Crippen molar-refractivity contribution in [2.24, 2.45) is 0 Å². The van der Waals surface area contributed by atoms with Gasteiger partial charge in [-0.05, 0) is 71.6 Å². The SMILES string of the molecule is N#Cc1c(O)nsc1Nc1ccc(Br)cc1.N#Cc1c(O)nsc1Nc1ccc(Cl)cc1. The van der Waals surface area contributed by atoms with Crippen molar-refractivity contribution >= 4 is 72.0 Å². The number of halogens is 2. The van der Waals surface area contributed by atoms with Crippen LogP contribution < -0.4 is 10.6 Å². The number of hydrogen-bond acceptors (Lipinski definition) is 10. The molecule has 2 heterocycles. The Kier molecular flexibility index (Phi) is 7.87. The maximum Gasteiger partial charge on any atom is 0.243 e. The third-order valence-corrected chi connectivity index (χ3v) is 6.06.